The SMILES string of the molecule is O=C1CCC(N2Cc3ccc(Cl)c(Br)c3C2=O)C(=O)N1. The zero-order chi connectivity index (χ0) is 14.4. The van der Waals surface area contributed by atoms with Crippen LogP contribution in [-0.4, -0.2) is 28.7 Å². The van der Waals surface area contributed by atoms with E-state index in [4.69, 9.17) is 11.6 Å². The van der Waals surface area contributed by atoms with Gasteiger partial charge in [-0.1, -0.05) is 17.7 Å². The van der Waals surface area contributed by atoms with Gasteiger partial charge in [0, 0.05) is 17.4 Å². The van der Waals surface area contributed by atoms with E-state index in [2.05, 4.69) is 21.2 Å². The Balaban J connectivity index is 1.93. The van der Waals surface area contributed by atoms with E-state index in [0.717, 1.165) is 5.56 Å². The Bertz CT molecular complexity index is 647. The van der Waals surface area contributed by atoms with E-state index in [-0.39, 0.29) is 18.2 Å². The third-order valence-electron chi connectivity index (χ3n) is 3.58. The number of hydrogen-bond donors (Lipinski definition) is 1. The van der Waals surface area contributed by atoms with Gasteiger partial charge < -0.3 is 4.90 Å². The fourth-order valence-electron chi connectivity index (χ4n) is 2.58. The highest BCUT2D eigenvalue weighted by Crippen LogP contribution is 2.36. The summed E-state index contributed by atoms with van der Waals surface area (Å²) in [4.78, 5) is 37.0. The minimum Gasteiger partial charge on any atom is -0.322 e. The van der Waals surface area contributed by atoms with Crippen LogP contribution in [0.2, 0.25) is 5.02 Å². The second kappa shape index (κ2) is 4.86. The topological polar surface area (TPSA) is 66.5 Å². The van der Waals surface area contributed by atoms with Crippen LogP contribution in [0.4, 0.5) is 0 Å². The first-order valence-electron chi connectivity index (χ1n) is 6.10. The summed E-state index contributed by atoms with van der Waals surface area (Å²) in [5.41, 5.74) is 1.33. The number of carbonyl (C=O) groups is 3. The summed E-state index contributed by atoms with van der Waals surface area (Å²) in [6.45, 7) is 0.357. The van der Waals surface area contributed by atoms with Crippen molar-refractivity contribution in [2.75, 3.05) is 0 Å². The van der Waals surface area contributed by atoms with Crippen molar-refractivity contribution < 1.29 is 14.4 Å². The number of amides is 3. The molecule has 0 radical (unpaired) electrons. The summed E-state index contributed by atoms with van der Waals surface area (Å²) in [7, 11) is 0. The molecule has 0 bridgehead atoms. The Morgan fingerprint density at radius 3 is 2.75 bits per heavy atom. The first-order valence-corrected chi connectivity index (χ1v) is 7.27. The number of rotatable bonds is 1. The van der Waals surface area contributed by atoms with E-state index < -0.39 is 11.9 Å². The van der Waals surface area contributed by atoms with Crippen LogP contribution in [0.3, 0.4) is 0 Å². The first-order chi connectivity index (χ1) is 9.49. The second-order valence-electron chi connectivity index (χ2n) is 4.80. The maximum Gasteiger partial charge on any atom is 0.256 e. The highest BCUT2D eigenvalue weighted by atomic mass is 79.9. The molecule has 1 unspecified atom stereocenters. The summed E-state index contributed by atoms with van der Waals surface area (Å²) < 4.78 is 0.552. The predicted molar refractivity (Wildman–Crippen MR) is 75.2 cm³/mol. The molecule has 7 heteroatoms. The number of hydrogen-bond acceptors (Lipinski definition) is 3. The van der Waals surface area contributed by atoms with Crippen LogP contribution in [0.5, 0.6) is 0 Å². The van der Waals surface area contributed by atoms with Crippen LogP contribution in [0.15, 0.2) is 16.6 Å². The molecule has 104 valence electrons. The maximum absolute atomic E-state index is 12.5. The summed E-state index contributed by atoms with van der Waals surface area (Å²) in [5.74, 6) is -0.937. The van der Waals surface area contributed by atoms with Crippen molar-refractivity contribution in [1.29, 1.82) is 0 Å². The fraction of sp³-hybridized carbons (Fsp3) is 0.308. The first kappa shape index (κ1) is 13.6. The van der Waals surface area contributed by atoms with E-state index >= 15 is 0 Å². The van der Waals surface area contributed by atoms with Gasteiger partial charge in [-0.2, -0.15) is 0 Å². The van der Waals surface area contributed by atoms with Gasteiger partial charge in [-0.15, -0.1) is 0 Å². The molecule has 2 aliphatic heterocycles. The number of nitrogens with zero attached hydrogens (tertiary/aromatic N) is 1. The van der Waals surface area contributed by atoms with Gasteiger partial charge in [0.1, 0.15) is 6.04 Å². The lowest BCUT2D eigenvalue weighted by atomic mass is 10.0. The Labute approximate surface area is 128 Å². The van der Waals surface area contributed by atoms with Crippen molar-refractivity contribution in [1.82, 2.24) is 10.2 Å². The summed E-state index contributed by atoms with van der Waals surface area (Å²) in [6, 6.07) is 2.90. The molecule has 1 aromatic rings. The summed E-state index contributed by atoms with van der Waals surface area (Å²) in [6.07, 6.45) is 0.605. The van der Waals surface area contributed by atoms with E-state index in [1.807, 2.05) is 0 Å². The molecule has 0 aromatic heterocycles. The third-order valence-corrected chi connectivity index (χ3v) is 4.95. The minimum absolute atomic E-state index is 0.233. The van der Waals surface area contributed by atoms with E-state index in [1.54, 1.807) is 12.1 Å². The molecule has 0 aliphatic carbocycles. The Hall–Kier alpha value is -1.40. The van der Waals surface area contributed by atoms with Crippen LogP contribution in [0, 0.1) is 0 Å². The van der Waals surface area contributed by atoms with Gasteiger partial charge in [0.15, 0.2) is 0 Å². The molecule has 1 N–H and O–H groups in total. The lowest BCUT2D eigenvalue weighted by molar-refractivity contribution is -0.136. The minimum atomic E-state index is -0.599. The van der Waals surface area contributed by atoms with Gasteiger partial charge in [-0.3, -0.25) is 19.7 Å². The Kier molecular flexibility index (Phi) is 3.30. The number of carbonyl (C=O) groups excluding carboxylic acids is 3. The molecule has 0 saturated carbocycles. The molecule has 1 fully saturated rings. The molecule has 3 rings (SSSR count). The normalized spacial score (nSPS) is 22.0. The standard InChI is InChI=1S/C13H10BrClN2O3/c14-11-7(15)2-1-6-5-17(13(20)10(6)11)8-3-4-9(18)16-12(8)19/h1-2,8H,3-5H2,(H,16,18,19). The smallest absolute Gasteiger partial charge is 0.256 e. The van der Waals surface area contributed by atoms with Crippen LogP contribution >= 0.6 is 27.5 Å². The third kappa shape index (κ3) is 2.03. The molecule has 1 aromatic carbocycles. The average molecular weight is 358 g/mol. The van der Waals surface area contributed by atoms with Gasteiger partial charge >= 0.3 is 0 Å². The van der Waals surface area contributed by atoms with Crippen molar-refractivity contribution in [3.05, 3.63) is 32.8 Å². The van der Waals surface area contributed by atoms with Gasteiger partial charge in [-0.05, 0) is 34.0 Å². The molecule has 1 atom stereocenters. The molecule has 5 nitrogen and oxygen atoms in total. The average Bonchev–Trinajstić information content (AvgIpc) is 2.72. The number of benzene rings is 1. The summed E-state index contributed by atoms with van der Waals surface area (Å²) >= 11 is 9.31. The van der Waals surface area contributed by atoms with E-state index in [0.29, 0.717) is 28.0 Å². The molecule has 3 amide bonds. The molecule has 2 heterocycles. The largest absolute Gasteiger partial charge is 0.322 e. The Morgan fingerprint density at radius 2 is 2.05 bits per heavy atom. The van der Waals surface area contributed by atoms with Crippen molar-refractivity contribution >= 4 is 45.3 Å². The van der Waals surface area contributed by atoms with Gasteiger partial charge in [0.2, 0.25) is 11.8 Å². The quantitative estimate of drug-likeness (QED) is 0.780. The van der Waals surface area contributed by atoms with Crippen molar-refractivity contribution in [2.45, 2.75) is 25.4 Å². The molecular formula is C13H10BrClN2O3. The molecule has 2 aliphatic rings. The van der Waals surface area contributed by atoms with Gasteiger partial charge in [0.25, 0.3) is 5.91 Å². The summed E-state index contributed by atoms with van der Waals surface area (Å²) in [5, 5.41) is 2.73. The highest BCUT2D eigenvalue weighted by Gasteiger charge is 2.40. The van der Waals surface area contributed by atoms with Crippen LogP contribution in [0.1, 0.15) is 28.8 Å². The van der Waals surface area contributed by atoms with Crippen molar-refractivity contribution in [2.24, 2.45) is 0 Å². The predicted octanol–water partition coefficient (Wildman–Crippen LogP) is 1.86. The number of imide groups is 1. The van der Waals surface area contributed by atoms with Crippen molar-refractivity contribution in [3.8, 4) is 0 Å². The number of piperidine rings is 1. The maximum atomic E-state index is 12.5. The van der Waals surface area contributed by atoms with E-state index in [1.165, 1.54) is 4.90 Å². The zero-order valence-corrected chi connectivity index (χ0v) is 12.6. The van der Waals surface area contributed by atoms with Gasteiger partial charge in [-0.25, -0.2) is 0 Å². The van der Waals surface area contributed by atoms with Crippen LogP contribution < -0.4 is 5.32 Å². The Morgan fingerprint density at radius 1 is 1.30 bits per heavy atom. The van der Waals surface area contributed by atoms with E-state index in [9.17, 15) is 14.4 Å². The molecular weight excluding hydrogens is 348 g/mol. The lowest BCUT2D eigenvalue weighted by Crippen LogP contribution is -2.52. The highest BCUT2D eigenvalue weighted by molar-refractivity contribution is 9.10. The van der Waals surface area contributed by atoms with Crippen LogP contribution in [0.25, 0.3) is 0 Å². The second-order valence-corrected chi connectivity index (χ2v) is 6.00. The van der Waals surface area contributed by atoms with Crippen molar-refractivity contribution in [3.63, 3.8) is 0 Å². The lowest BCUT2D eigenvalue weighted by Gasteiger charge is -2.29. The van der Waals surface area contributed by atoms with Gasteiger partial charge in [0.05, 0.1) is 10.6 Å². The monoisotopic (exact) mass is 356 g/mol. The zero-order valence-electron chi connectivity index (χ0n) is 10.3. The molecule has 20 heavy (non-hydrogen) atoms. The molecule has 0 spiro atoms. The number of nitrogens with one attached hydrogen (secondary N) is 1. The number of fused-ring (bicyclic) bond motifs is 1. The number of halogens is 2. The molecule has 1 saturated heterocycles. The van der Waals surface area contributed by atoms with Crippen LogP contribution in [-0.2, 0) is 16.1 Å². The fourth-order valence-corrected chi connectivity index (χ4v) is 3.30.